The van der Waals surface area contributed by atoms with Gasteiger partial charge in [-0.15, -0.1) is 0 Å². The van der Waals surface area contributed by atoms with Crippen LogP contribution in [0.3, 0.4) is 0 Å². The zero-order valence-electron chi connectivity index (χ0n) is 19.6. The molecule has 6 rings (SSSR count). The summed E-state index contributed by atoms with van der Waals surface area (Å²) in [6, 6.07) is 21.1. The second-order valence-corrected chi connectivity index (χ2v) is 10.7. The third-order valence-corrected chi connectivity index (χ3v) is 7.91. The Balaban J connectivity index is 1.50. The Morgan fingerprint density at radius 2 is 1.58 bits per heavy atom. The molecule has 0 saturated carbocycles. The van der Waals surface area contributed by atoms with E-state index in [9.17, 15) is 8.78 Å². The Kier molecular flexibility index (Phi) is 6.06. The van der Waals surface area contributed by atoms with Gasteiger partial charge in [-0.3, -0.25) is 0 Å². The lowest BCUT2D eigenvalue weighted by atomic mass is 9.78. The van der Waals surface area contributed by atoms with Gasteiger partial charge in [0.25, 0.3) is 0 Å². The number of benzene rings is 3. The highest BCUT2D eigenvalue weighted by molar-refractivity contribution is 8.16. The Morgan fingerprint density at radius 3 is 2.28 bits per heavy atom. The number of hydrogen-bond acceptors (Lipinski definition) is 3. The number of amidine groups is 1. The fourth-order valence-corrected chi connectivity index (χ4v) is 6.28. The number of hydrogen-bond donors (Lipinski definition) is 0. The smallest absolute Gasteiger partial charge is 0.174 e. The summed E-state index contributed by atoms with van der Waals surface area (Å²) in [6.07, 6.45) is 3.91. The number of thioether (sulfide) groups is 1. The first-order chi connectivity index (χ1) is 17.5. The van der Waals surface area contributed by atoms with Crippen molar-refractivity contribution in [2.24, 2.45) is 10.9 Å². The van der Waals surface area contributed by atoms with Crippen LogP contribution in [0.2, 0.25) is 5.02 Å². The molecule has 3 aliphatic rings. The van der Waals surface area contributed by atoms with E-state index < -0.39 is 0 Å². The molecule has 3 aromatic carbocycles. The molecule has 6 heteroatoms. The van der Waals surface area contributed by atoms with Gasteiger partial charge in [0.2, 0.25) is 0 Å². The van der Waals surface area contributed by atoms with Crippen molar-refractivity contribution < 1.29 is 8.78 Å². The SMILES string of the molecule is C[C@H]1CC2=C(N=C3SC=C(c4ccc(Cl)cc4)N3[C@H]2c2ccc(F)cc2)/C(=C/c2ccc(F)cc2)C1. The molecule has 0 radical (unpaired) electrons. The minimum absolute atomic E-state index is 0.107. The predicted octanol–water partition coefficient (Wildman–Crippen LogP) is 8.84. The maximum atomic E-state index is 13.9. The van der Waals surface area contributed by atoms with Crippen LogP contribution in [-0.2, 0) is 0 Å². The van der Waals surface area contributed by atoms with Gasteiger partial charge >= 0.3 is 0 Å². The highest BCUT2D eigenvalue weighted by Crippen LogP contribution is 2.52. The van der Waals surface area contributed by atoms with Gasteiger partial charge < -0.3 is 4.90 Å². The molecule has 0 saturated heterocycles. The van der Waals surface area contributed by atoms with Crippen molar-refractivity contribution in [2.45, 2.75) is 25.8 Å². The monoisotopic (exact) mass is 516 g/mol. The molecule has 2 atom stereocenters. The van der Waals surface area contributed by atoms with Crippen LogP contribution in [0.5, 0.6) is 0 Å². The van der Waals surface area contributed by atoms with Gasteiger partial charge in [-0.1, -0.05) is 66.7 Å². The van der Waals surface area contributed by atoms with Crippen molar-refractivity contribution in [2.75, 3.05) is 0 Å². The molecule has 0 amide bonds. The molecule has 0 unspecified atom stereocenters. The van der Waals surface area contributed by atoms with Crippen LogP contribution < -0.4 is 0 Å². The number of rotatable bonds is 3. The Labute approximate surface area is 218 Å². The van der Waals surface area contributed by atoms with E-state index >= 15 is 0 Å². The fourth-order valence-electron chi connectivity index (χ4n) is 5.22. The van der Waals surface area contributed by atoms with Crippen molar-refractivity contribution in [3.63, 3.8) is 0 Å². The van der Waals surface area contributed by atoms with Crippen LogP contribution in [-0.4, -0.2) is 10.1 Å². The first-order valence-electron chi connectivity index (χ1n) is 11.9. The number of nitrogens with zero attached hydrogens (tertiary/aromatic N) is 2. The average Bonchev–Trinajstić information content (AvgIpc) is 3.29. The lowest BCUT2D eigenvalue weighted by Gasteiger charge is -2.41. The Morgan fingerprint density at radius 1 is 0.917 bits per heavy atom. The zero-order chi connectivity index (χ0) is 24.8. The predicted molar refractivity (Wildman–Crippen MR) is 145 cm³/mol. The van der Waals surface area contributed by atoms with E-state index in [0.29, 0.717) is 10.9 Å². The normalized spacial score (nSPS) is 22.3. The zero-order valence-corrected chi connectivity index (χ0v) is 21.2. The second-order valence-electron chi connectivity index (χ2n) is 9.45. The van der Waals surface area contributed by atoms with Crippen LogP contribution in [0.1, 0.15) is 42.5 Å². The molecule has 2 aliphatic heterocycles. The lowest BCUT2D eigenvalue weighted by Crippen LogP contribution is -2.35. The van der Waals surface area contributed by atoms with E-state index in [0.717, 1.165) is 51.7 Å². The molecule has 0 bridgehead atoms. The maximum Gasteiger partial charge on any atom is 0.174 e. The standard InChI is InChI=1S/C30H23ClF2N2S/c1-18-14-22(16-19-2-10-24(32)11-3-19)28-26(15-18)29(21-6-12-25(33)13-7-21)35-27(17-36-30(35)34-28)20-4-8-23(31)9-5-20/h2-13,16-18,29H,14-15H2,1H3/b22-16+/t18-,29+/m1/s1. The quantitative estimate of drug-likeness (QED) is 0.345. The number of halogens is 3. The van der Waals surface area contributed by atoms with E-state index in [1.807, 2.05) is 36.4 Å². The number of aliphatic imine (C=N–C) groups is 1. The van der Waals surface area contributed by atoms with Gasteiger partial charge in [-0.25, -0.2) is 13.8 Å². The minimum Gasteiger partial charge on any atom is -0.308 e. The Bertz CT molecular complexity index is 1440. The van der Waals surface area contributed by atoms with E-state index in [1.165, 1.54) is 29.8 Å². The summed E-state index contributed by atoms with van der Waals surface area (Å²) in [4.78, 5) is 7.44. The van der Waals surface area contributed by atoms with Crippen LogP contribution in [0, 0.1) is 17.6 Å². The summed E-state index contributed by atoms with van der Waals surface area (Å²) in [6.45, 7) is 2.25. The van der Waals surface area contributed by atoms with Gasteiger partial charge in [0.05, 0.1) is 17.4 Å². The van der Waals surface area contributed by atoms with E-state index in [4.69, 9.17) is 16.6 Å². The Hall–Kier alpha value is -3.15. The molecule has 2 heterocycles. The molecule has 2 nitrogen and oxygen atoms in total. The molecule has 3 aromatic rings. The van der Waals surface area contributed by atoms with Crippen LogP contribution >= 0.6 is 23.4 Å². The van der Waals surface area contributed by atoms with Crippen molar-refractivity contribution in [1.29, 1.82) is 0 Å². The molecule has 1 aliphatic carbocycles. The molecular weight excluding hydrogens is 494 g/mol. The van der Waals surface area contributed by atoms with Crippen molar-refractivity contribution in [3.05, 3.63) is 128 Å². The lowest BCUT2D eigenvalue weighted by molar-refractivity contribution is 0.425. The summed E-state index contributed by atoms with van der Waals surface area (Å²) in [5, 5.41) is 3.71. The topological polar surface area (TPSA) is 15.6 Å². The molecule has 0 fully saturated rings. The maximum absolute atomic E-state index is 13.9. The summed E-state index contributed by atoms with van der Waals surface area (Å²) < 4.78 is 27.4. The molecule has 0 N–H and O–H groups in total. The van der Waals surface area contributed by atoms with Gasteiger partial charge in [-0.2, -0.15) is 0 Å². The van der Waals surface area contributed by atoms with Crippen LogP contribution in [0.15, 0.2) is 100 Å². The largest absolute Gasteiger partial charge is 0.308 e. The fraction of sp³-hybridized carbons (Fsp3) is 0.167. The second kappa shape index (κ2) is 9.38. The third-order valence-electron chi connectivity index (χ3n) is 6.82. The molecule has 36 heavy (non-hydrogen) atoms. The third kappa shape index (κ3) is 4.31. The van der Waals surface area contributed by atoms with E-state index in [1.54, 1.807) is 23.9 Å². The number of fused-ring (bicyclic) bond motifs is 1. The van der Waals surface area contributed by atoms with E-state index in [2.05, 4.69) is 23.3 Å². The molecule has 180 valence electrons. The van der Waals surface area contributed by atoms with Crippen LogP contribution in [0.4, 0.5) is 8.78 Å². The highest BCUT2D eigenvalue weighted by Gasteiger charge is 2.41. The van der Waals surface area contributed by atoms with Crippen LogP contribution in [0.25, 0.3) is 11.8 Å². The first-order valence-corrected chi connectivity index (χ1v) is 13.2. The minimum atomic E-state index is -0.254. The summed E-state index contributed by atoms with van der Waals surface area (Å²) in [5.74, 6) is -0.0914. The summed E-state index contributed by atoms with van der Waals surface area (Å²) >= 11 is 7.76. The van der Waals surface area contributed by atoms with Gasteiger partial charge in [0, 0.05) is 10.4 Å². The van der Waals surface area contributed by atoms with E-state index in [-0.39, 0.29) is 17.7 Å². The summed E-state index contributed by atoms with van der Waals surface area (Å²) in [5.41, 5.74) is 7.45. The first kappa shape index (κ1) is 23.3. The van der Waals surface area contributed by atoms with Crippen molar-refractivity contribution in [3.8, 4) is 0 Å². The average molecular weight is 517 g/mol. The number of allylic oxidation sites excluding steroid dienone is 1. The molecule has 0 spiro atoms. The van der Waals surface area contributed by atoms with Crippen molar-refractivity contribution >= 4 is 40.3 Å². The van der Waals surface area contributed by atoms with Gasteiger partial charge in [-0.05, 0) is 89.1 Å². The molecular formula is C30H23ClF2N2S. The molecule has 0 aromatic heterocycles. The van der Waals surface area contributed by atoms with Gasteiger partial charge in [0.1, 0.15) is 11.6 Å². The summed E-state index contributed by atoms with van der Waals surface area (Å²) in [7, 11) is 0. The van der Waals surface area contributed by atoms with Crippen molar-refractivity contribution in [1.82, 2.24) is 4.90 Å². The highest BCUT2D eigenvalue weighted by atomic mass is 35.5. The van der Waals surface area contributed by atoms with Gasteiger partial charge in [0.15, 0.2) is 5.17 Å².